The second-order valence-corrected chi connectivity index (χ2v) is 4.72. The molecule has 2 N–H and O–H groups in total. The Balaban J connectivity index is 1.83. The molecule has 2 aromatic rings. The Morgan fingerprint density at radius 1 is 1.40 bits per heavy atom. The molecular formula is C10H14N4S. The second kappa shape index (κ2) is 4.55. The van der Waals surface area contributed by atoms with Crippen LogP contribution in [0.25, 0.3) is 0 Å². The maximum absolute atomic E-state index is 4.46. The Bertz CT molecular complexity index is 399. The summed E-state index contributed by atoms with van der Waals surface area (Å²) in [6.07, 6.45) is 1.76. The molecule has 0 aromatic carbocycles. The van der Waals surface area contributed by atoms with E-state index in [0.717, 1.165) is 29.5 Å². The van der Waals surface area contributed by atoms with E-state index >= 15 is 0 Å². The number of thiazole rings is 1. The van der Waals surface area contributed by atoms with Crippen LogP contribution in [0.2, 0.25) is 0 Å². The quantitative estimate of drug-likeness (QED) is 0.829. The lowest BCUT2D eigenvalue weighted by Gasteiger charge is -1.98. The van der Waals surface area contributed by atoms with Gasteiger partial charge in [-0.1, -0.05) is 0 Å². The third kappa shape index (κ3) is 2.64. The van der Waals surface area contributed by atoms with Crippen LogP contribution in [-0.4, -0.2) is 15.2 Å². The summed E-state index contributed by atoms with van der Waals surface area (Å²) in [4.78, 5) is 5.76. The first-order chi connectivity index (χ1) is 7.25. The predicted octanol–water partition coefficient (Wildman–Crippen LogP) is 1.77. The molecule has 0 aliphatic rings. The van der Waals surface area contributed by atoms with Gasteiger partial charge in [-0.15, -0.1) is 11.3 Å². The minimum Gasteiger partial charge on any atom is -0.305 e. The van der Waals surface area contributed by atoms with Crippen LogP contribution in [0.3, 0.4) is 0 Å². The Morgan fingerprint density at radius 2 is 2.27 bits per heavy atom. The summed E-state index contributed by atoms with van der Waals surface area (Å²) in [5.41, 5.74) is 2.23. The lowest BCUT2D eigenvalue weighted by molar-refractivity contribution is 0.673. The molecule has 0 saturated carbocycles. The number of hydrogen-bond donors (Lipinski definition) is 2. The zero-order valence-corrected chi connectivity index (χ0v) is 9.69. The Kier molecular flexibility index (Phi) is 3.13. The van der Waals surface area contributed by atoms with Crippen molar-refractivity contribution in [2.75, 3.05) is 0 Å². The molecule has 15 heavy (non-hydrogen) atoms. The van der Waals surface area contributed by atoms with Crippen molar-refractivity contribution in [3.8, 4) is 0 Å². The molecule has 0 bridgehead atoms. The molecule has 0 aliphatic heterocycles. The average Bonchev–Trinajstić information content (AvgIpc) is 2.79. The van der Waals surface area contributed by atoms with Crippen molar-refractivity contribution in [3.63, 3.8) is 0 Å². The van der Waals surface area contributed by atoms with Gasteiger partial charge in [-0.25, -0.2) is 4.98 Å². The third-order valence-corrected chi connectivity index (χ3v) is 3.30. The number of nitrogens with one attached hydrogen (secondary N) is 2. The summed E-state index contributed by atoms with van der Waals surface area (Å²) >= 11 is 1.75. The zero-order valence-electron chi connectivity index (χ0n) is 8.87. The molecule has 0 spiro atoms. The summed E-state index contributed by atoms with van der Waals surface area (Å²) in [6.45, 7) is 5.77. The molecular weight excluding hydrogens is 208 g/mol. The molecule has 2 aromatic heterocycles. The van der Waals surface area contributed by atoms with E-state index in [1.54, 1.807) is 17.5 Å². The van der Waals surface area contributed by atoms with Gasteiger partial charge >= 0.3 is 0 Å². The standard InChI is InChI=1S/C10H14N4S/c1-7-8(2)15-10(13-7)6-11-5-9-3-4-12-14-9/h3-4,11H,5-6H2,1-2H3,(H,12,14). The summed E-state index contributed by atoms with van der Waals surface area (Å²) in [5, 5.41) is 11.3. The molecule has 0 saturated heterocycles. The van der Waals surface area contributed by atoms with Crippen molar-refractivity contribution in [1.82, 2.24) is 20.5 Å². The maximum Gasteiger partial charge on any atom is 0.107 e. The lowest BCUT2D eigenvalue weighted by Crippen LogP contribution is -2.12. The molecule has 0 aliphatic carbocycles. The Labute approximate surface area is 92.8 Å². The molecule has 5 heteroatoms. The lowest BCUT2D eigenvalue weighted by atomic mass is 10.4. The molecule has 0 unspecified atom stereocenters. The highest BCUT2D eigenvalue weighted by molar-refractivity contribution is 7.11. The second-order valence-electron chi connectivity index (χ2n) is 3.43. The SMILES string of the molecule is Cc1nc(CNCc2ccn[nH]2)sc1C. The largest absolute Gasteiger partial charge is 0.305 e. The molecule has 80 valence electrons. The minimum absolute atomic E-state index is 0.803. The van der Waals surface area contributed by atoms with Crippen molar-refractivity contribution in [2.24, 2.45) is 0 Å². The summed E-state index contributed by atoms with van der Waals surface area (Å²) in [6, 6.07) is 1.96. The van der Waals surface area contributed by atoms with Gasteiger partial charge in [0.15, 0.2) is 0 Å². The van der Waals surface area contributed by atoms with Crippen LogP contribution in [-0.2, 0) is 13.1 Å². The van der Waals surface area contributed by atoms with E-state index in [2.05, 4.69) is 27.4 Å². The van der Waals surface area contributed by atoms with Crippen LogP contribution >= 0.6 is 11.3 Å². The van der Waals surface area contributed by atoms with Gasteiger partial charge in [0.2, 0.25) is 0 Å². The summed E-state index contributed by atoms with van der Waals surface area (Å²) in [5.74, 6) is 0. The van der Waals surface area contributed by atoms with Crippen molar-refractivity contribution in [2.45, 2.75) is 26.9 Å². The Hall–Kier alpha value is -1.20. The van der Waals surface area contributed by atoms with Gasteiger partial charge < -0.3 is 5.32 Å². The van der Waals surface area contributed by atoms with Crippen molar-refractivity contribution < 1.29 is 0 Å². The number of H-pyrrole nitrogens is 1. The van der Waals surface area contributed by atoms with Crippen LogP contribution in [0, 0.1) is 13.8 Å². The van der Waals surface area contributed by atoms with Crippen molar-refractivity contribution >= 4 is 11.3 Å². The molecule has 2 rings (SSSR count). The third-order valence-electron chi connectivity index (χ3n) is 2.22. The van der Waals surface area contributed by atoms with Crippen molar-refractivity contribution in [3.05, 3.63) is 33.5 Å². The number of hydrogen-bond acceptors (Lipinski definition) is 4. The van der Waals surface area contributed by atoms with Gasteiger partial charge in [0.1, 0.15) is 5.01 Å². The van der Waals surface area contributed by atoms with E-state index in [-0.39, 0.29) is 0 Å². The van der Waals surface area contributed by atoms with Gasteiger partial charge in [0, 0.05) is 29.9 Å². The fourth-order valence-corrected chi connectivity index (χ4v) is 2.21. The minimum atomic E-state index is 0.803. The molecule has 4 nitrogen and oxygen atoms in total. The van der Waals surface area contributed by atoms with E-state index in [0.29, 0.717) is 0 Å². The topological polar surface area (TPSA) is 53.6 Å². The molecule has 2 heterocycles. The predicted molar refractivity (Wildman–Crippen MR) is 60.7 cm³/mol. The maximum atomic E-state index is 4.46. The molecule has 0 radical (unpaired) electrons. The van der Waals surface area contributed by atoms with E-state index < -0.39 is 0 Å². The molecule has 0 atom stereocenters. The summed E-state index contributed by atoms with van der Waals surface area (Å²) in [7, 11) is 0. The molecule has 0 amide bonds. The Morgan fingerprint density at radius 3 is 2.87 bits per heavy atom. The van der Waals surface area contributed by atoms with E-state index in [9.17, 15) is 0 Å². The smallest absolute Gasteiger partial charge is 0.107 e. The average molecular weight is 222 g/mol. The van der Waals surface area contributed by atoms with Gasteiger partial charge in [-0.3, -0.25) is 5.10 Å². The van der Waals surface area contributed by atoms with Gasteiger partial charge in [0.25, 0.3) is 0 Å². The normalized spacial score (nSPS) is 10.8. The first-order valence-corrected chi connectivity index (χ1v) is 5.69. The van der Waals surface area contributed by atoms with Crippen LogP contribution in [0.1, 0.15) is 21.3 Å². The number of rotatable bonds is 4. The van der Waals surface area contributed by atoms with E-state index in [4.69, 9.17) is 0 Å². The van der Waals surface area contributed by atoms with Crippen LogP contribution < -0.4 is 5.32 Å². The van der Waals surface area contributed by atoms with E-state index in [1.807, 2.05) is 13.0 Å². The fraction of sp³-hybridized carbons (Fsp3) is 0.400. The monoisotopic (exact) mass is 222 g/mol. The zero-order chi connectivity index (χ0) is 10.7. The van der Waals surface area contributed by atoms with Crippen molar-refractivity contribution in [1.29, 1.82) is 0 Å². The van der Waals surface area contributed by atoms with E-state index in [1.165, 1.54) is 4.88 Å². The first kappa shape index (κ1) is 10.3. The number of aromatic nitrogens is 3. The number of nitrogens with zero attached hydrogens (tertiary/aromatic N) is 2. The van der Waals surface area contributed by atoms with Crippen LogP contribution in [0.15, 0.2) is 12.3 Å². The van der Waals surface area contributed by atoms with Crippen LogP contribution in [0.4, 0.5) is 0 Å². The highest BCUT2D eigenvalue weighted by atomic mass is 32.1. The highest BCUT2D eigenvalue weighted by Gasteiger charge is 2.02. The van der Waals surface area contributed by atoms with Gasteiger partial charge in [0.05, 0.1) is 5.69 Å². The highest BCUT2D eigenvalue weighted by Crippen LogP contribution is 2.15. The fourth-order valence-electron chi connectivity index (χ4n) is 1.30. The van der Waals surface area contributed by atoms with Gasteiger partial charge in [-0.05, 0) is 19.9 Å². The summed E-state index contributed by atoms with van der Waals surface area (Å²) < 4.78 is 0. The van der Waals surface area contributed by atoms with Gasteiger partial charge in [-0.2, -0.15) is 5.10 Å². The number of aryl methyl sites for hydroxylation is 2. The number of aromatic amines is 1. The molecule has 0 fully saturated rings. The van der Waals surface area contributed by atoms with Crippen LogP contribution in [0.5, 0.6) is 0 Å². The first-order valence-electron chi connectivity index (χ1n) is 4.87.